The van der Waals surface area contributed by atoms with E-state index in [4.69, 9.17) is 33.9 Å². The van der Waals surface area contributed by atoms with Crippen molar-refractivity contribution in [2.75, 3.05) is 13.2 Å². The average Bonchev–Trinajstić information content (AvgIpc) is 3.05. The number of aliphatic hydroxyl groups is 2. The van der Waals surface area contributed by atoms with Crippen LogP contribution in [0.2, 0.25) is 12.6 Å². The maximum atomic E-state index is 8.49. The Morgan fingerprint density at radius 1 is 1.75 bits per heavy atom. The van der Waals surface area contributed by atoms with Gasteiger partial charge >= 0.3 is 0 Å². The van der Waals surface area contributed by atoms with E-state index in [1.165, 1.54) is 0 Å². The van der Waals surface area contributed by atoms with Crippen molar-refractivity contribution >= 4 is 15.7 Å². The molecule has 1 heterocycles. The third-order valence-electron chi connectivity index (χ3n) is 1.13. The number of rotatable bonds is 4. The van der Waals surface area contributed by atoms with Crippen LogP contribution in [0.15, 0.2) is 0 Å². The number of ether oxygens (including phenoxy) is 1. The molecule has 1 fully saturated rings. The van der Waals surface area contributed by atoms with Crippen molar-refractivity contribution in [1.82, 2.24) is 0 Å². The van der Waals surface area contributed by atoms with Gasteiger partial charge in [-0.1, -0.05) is 12.6 Å². The summed E-state index contributed by atoms with van der Waals surface area (Å²) in [5.41, 5.74) is 6.25. The Kier molecular flexibility index (Phi) is 7.59. The average molecular weight is 174 g/mol. The number of hydrogen-bond acceptors (Lipinski definition) is 3. The molecule has 4 radical (unpaired) electrons. The minimum Gasteiger partial charge on any atom is -0.412 e. The van der Waals surface area contributed by atoms with Crippen molar-refractivity contribution in [3.8, 4) is 0 Å². The van der Waals surface area contributed by atoms with E-state index < -0.39 is 6.10 Å². The Morgan fingerprint density at radius 3 is 2.42 bits per heavy atom. The normalized spacial score (nSPS) is 23.0. The van der Waals surface area contributed by atoms with E-state index in [-0.39, 0.29) is 12.9 Å². The lowest BCUT2D eigenvalue weighted by atomic mass is 10.0. The summed E-state index contributed by atoms with van der Waals surface area (Å²) in [5, 5.41) is 12.3. The fourth-order valence-corrected chi connectivity index (χ4v) is 0.272. The van der Waals surface area contributed by atoms with Crippen molar-refractivity contribution < 1.29 is 21.9 Å². The van der Waals surface area contributed by atoms with Gasteiger partial charge in [-0.05, 0) is 0 Å². The van der Waals surface area contributed by atoms with Crippen LogP contribution in [0, 0.1) is 0 Å². The Labute approximate surface area is 78.0 Å². The number of epoxide rings is 1. The van der Waals surface area contributed by atoms with Gasteiger partial charge in [-0.25, -0.2) is 0 Å². The van der Waals surface area contributed by atoms with Crippen molar-refractivity contribution in [3.05, 3.63) is 0 Å². The molecule has 0 aromatic heterocycles. The fourth-order valence-electron chi connectivity index (χ4n) is 0.272. The second kappa shape index (κ2) is 9.06. The van der Waals surface area contributed by atoms with Crippen LogP contribution in [-0.4, -0.2) is 58.2 Å². The molecule has 2 atom stereocenters. The highest BCUT2D eigenvalue weighted by molar-refractivity contribution is 6.09. The Balaban J connectivity index is 0. The van der Waals surface area contributed by atoms with E-state index in [2.05, 4.69) is 5.11 Å². The Bertz CT molecular complexity index is 108. The van der Waals surface area contributed by atoms with Gasteiger partial charge in [-0.3, -0.25) is 0 Å². The maximum absolute atomic E-state index is 8.49. The zero-order chi connectivity index (χ0) is 11.4. The molecule has 2 unspecified atom stereocenters. The Morgan fingerprint density at radius 2 is 2.33 bits per heavy atom. The van der Waals surface area contributed by atoms with E-state index >= 15 is 0 Å². The molecule has 0 aromatic carbocycles. The van der Waals surface area contributed by atoms with E-state index in [0.717, 1.165) is 6.61 Å². The molecular weight excluding hydrogens is 158 g/mol. The highest BCUT2D eigenvalue weighted by Crippen LogP contribution is 2.10. The zero-order valence-corrected chi connectivity index (χ0v) is 6.85. The molecule has 0 bridgehead atoms. The van der Waals surface area contributed by atoms with Crippen LogP contribution in [0.1, 0.15) is 1.43 Å². The standard InChI is InChI=1S/C3H7BO2.C3H5BO.H2O/c4-1-3(6)2-5;4-1-3-2-5-3;/h3,5-6H,1-2H2;3H,1-2H2;1H2/i5D;;/hD. The molecule has 0 saturated carbocycles. The number of hydrogen-bond donors (Lipinski definition) is 2. The summed E-state index contributed by atoms with van der Waals surface area (Å²) in [6.07, 6.45) is 0.575. The fraction of sp³-hybridized carbons (Fsp3) is 1.00. The van der Waals surface area contributed by atoms with E-state index in [9.17, 15) is 0 Å². The minimum absolute atomic E-state index is 0.00347. The second-order valence-corrected chi connectivity index (χ2v) is 2.25. The summed E-state index contributed by atoms with van der Waals surface area (Å²) in [5.74, 6) is 0. The first-order valence-corrected chi connectivity index (χ1v) is 3.52. The van der Waals surface area contributed by atoms with Crippen LogP contribution in [0.25, 0.3) is 0 Å². The van der Waals surface area contributed by atoms with Gasteiger partial charge < -0.3 is 20.4 Å². The summed E-state index contributed by atoms with van der Waals surface area (Å²) in [4.78, 5) is 0. The van der Waals surface area contributed by atoms with Crippen molar-refractivity contribution in [2.24, 2.45) is 0 Å². The maximum Gasteiger partial charge on any atom is 0.210 e. The molecule has 0 spiro atoms. The van der Waals surface area contributed by atoms with Crippen molar-refractivity contribution in [3.63, 3.8) is 0 Å². The van der Waals surface area contributed by atoms with Crippen molar-refractivity contribution in [1.29, 1.82) is 1.43 Å². The van der Waals surface area contributed by atoms with Gasteiger partial charge in [0.25, 0.3) is 0 Å². The first-order valence-electron chi connectivity index (χ1n) is 4.38. The summed E-state index contributed by atoms with van der Waals surface area (Å²) >= 11 is 0. The number of aliphatic hydroxyl groups excluding tert-OH is 2. The van der Waals surface area contributed by atoms with Crippen LogP contribution in [0.4, 0.5) is 0 Å². The lowest BCUT2D eigenvalue weighted by Crippen LogP contribution is -2.09. The molecule has 1 saturated heterocycles. The van der Waals surface area contributed by atoms with Gasteiger partial charge in [-0.15, -0.1) is 0 Å². The lowest BCUT2D eigenvalue weighted by molar-refractivity contribution is 0.110. The van der Waals surface area contributed by atoms with Gasteiger partial charge in [0.15, 0.2) is 0 Å². The van der Waals surface area contributed by atoms with Crippen LogP contribution in [0.5, 0.6) is 0 Å². The molecule has 4 nitrogen and oxygen atoms in total. The van der Waals surface area contributed by atoms with Gasteiger partial charge in [-0.2, -0.15) is 0 Å². The molecule has 0 amide bonds. The topological polar surface area (TPSA) is 84.5 Å². The molecule has 1 rings (SSSR count). The molecule has 12 heavy (non-hydrogen) atoms. The molecule has 0 aromatic rings. The molecule has 4 N–H and O–H groups in total. The molecule has 1 aliphatic rings. The predicted molar refractivity (Wildman–Crippen MR) is 47.6 cm³/mol. The van der Waals surface area contributed by atoms with Crippen molar-refractivity contribution in [2.45, 2.75) is 24.8 Å². The summed E-state index contributed by atoms with van der Waals surface area (Å²) in [6.45, 7) is 0.882. The van der Waals surface area contributed by atoms with Gasteiger partial charge in [0.1, 0.15) is 0 Å². The second-order valence-electron chi connectivity index (χ2n) is 2.25. The van der Waals surface area contributed by atoms with E-state index in [0.29, 0.717) is 12.4 Å². The first-order chi connectivity index (χ1) is 6.74. The molecular formula is C6H14B2O4. The van der Waals surface area contributed by atoms with Gasteiger partial charge in [0.2, 0.25) is 2.86 Å². The van der Waals surface area contributed by atoms with Gasteiger partial charge in [0.05, 0.1) is 41.1 Å². The summed E-state index contributed by atoms with van der Waals surface area (Å²) < 4.78 is 15.6. The van der Waals surface area contributed by atoms with Gasteiger partial charge in [0, 0.05) is 0 Å². The third-order valence-corrected chi connectivity index (χ3v) is 1.13. The first kappa shape index (κ1) is 10.1. The summed E-state index contributed by atoms with van der Waals surface area (Å²) in [7, 11) is 10.1. The molecule has 6 heteroatoms. The third kappa shape index (κ3) is 9.97. The minimum atomic E-state index is -0.683. The monoisotopic (exact) mass is 174 g/mol. The highest BCUT2D eigenvalue weighted by atomic mass is 16.6. The van der Waals surface area contributed by atoms with Crippen LogP contribution in [-0.2, 0) is 4.74 Å². The van der Waals surface area contributed by atoms with E-state index in [1.807, 2.05) is 0 Å². The lowest BCUT2D eigenvalue weighted by Gasteiger charge is -1.97. The summed E-state index contributed by atoms with van der Waals surface area (Å²) in [6, 6.07) is 0. The quantitative estimate of drug-likeness (QED) is 0.384. The van der Waals surface area contributed by atoms with E-state index in [1.54, 1.807) is 0 Å². The highest BCUT2D eigenvalue weighted by Gasteiger charge is 2.17. The molecule has 68 valence electrons. The van der Waals surface area contributed by atoms with Crippen LogP contribution < -0.4 is 0 Å². The zero-order valence-electron chi connectivity index (χ0n) is 8.85. The van der Waals surface area contributed by atoms with Crippen LogP contribution >= 0.6 is 0 Å². The molecule has 1 aliphatic heterocycles. The van der Waals surface area contributed by atoms with Crippen LogP contribution in [0.3, 0.4) is 0 Å². The SMILES string of the molecule is [2H]O.[2H]OCC(O)C[B].[B]CC1CO1. The largest absolute Gasteiger partial charge is 0.412 e. The Hall–Kier alpha value is -0.0301. The molecule has 0 aliphatic carbocycles. The predicted octanol–water partition coefficient (Wildman–Crippen LogP) is -1.93. The smallest absolute Gasteiger partial charge is 0.210 e.